The third-order valence-electron chi connectivity index (χ3n) is 5.00. The number of aliphatic carboxylic acids is 1. The van der Waals surface area contributed by atoms with Crippen LogP contribution in [-0.2, 0) is 19.2 Å². The maximum atomic E-state index is 12.3. The van der Waals surface area contributed by atoms with Gasteiger partial charge < -0.3 is 26.0 Å². The van der Waals surface area contributed by atoms with E-state index in [-0.39, 0.29) is 19.4 Å². The van der Waals surface area contributed by atoms with E-state index in [9.17, 15) is 29.4 Å². The van der Waals surface area contributed by atoms with Crippen LogP contribution in [0.15, 0.2) is 23.8 Å². The van der Waals surface area contributed by atoms with Crippen molar-refractivity contribution in [1.82, 2.24) is 10.6 Å². The van der Waals surface area contributed by atoms with Gasteiger partial charge in [-0.1, -0.05) is 24.6 Å². The first-order valence-electron chi connectivity index (χ1n) is 9.36. The second kappa shape index (κ2) is 10.1. The zero-order chi connectivity index (χ0) is 20.7. The highest BCUT2D eigenvalue weighted by atomic mass is 16.5. The molecule has 9 heteroatoms. The number of hydrogen-bond donors (Lipinski definition) is 5. The molecule has 3 atom stereocenters. The normalized spacial score (nSPS) is 23.1. The Labute approximate surface area is 162 Å². The van der Waals surface area contributed by atoms with E-state index in [2.05, 4.69) is 10.6 Å². The summed E-state index contributed by atoms with van der Waals surface area (Å²) in [4.78, 5) is 47.5. The lowest BCUT2D eigenvalue weighted by Gasteiger charge is -2.29. The van der Waals surface area contributed by atoms with Crippen molar-refractivity contribution < 1.29 is 34.5 Å². The number of rotatable bonds is 8. The Kier molecular flexibility index (Phi) is 7.89. The van der Waals surface area contributed by atoms with E-state index in [1.807, 2.05) is 6.08 Å². The Balaban J connectivity index is 1.87. The number of amides is 2. The third-order valence-corrected chi connectivity index (χ3v) is 5.00. The number of ketones is 1. The first-order chi connectivity index (χ1) is 13.3. The van der Waals surface area contributed by atoms with Crippen LogP contribution in [0.4, 0.5) is 0 Å². The van der Waals surface area contributed by atoms with Gasteiger partial charge in [-0.2, -0.15) is 0 Å². The number of carboxylic acid groups (broad SMARTS) is 1. The molecule has 3 unspecified atom stereocenters. The number of hydrogen-bond acceptors (Lipinski definition) is 6. The minimum atomic E-state index is -1.92. The molecule has 154 valence electrons. The minimum Gasteiger partial charge on any atom is -0.481 e. The molecule has 1 saturated carbocycles. The predicted molar refractivity (Wildman–Crippen MR) is 97.7 cm³/mol. The summed E-state index contributed by atoms with van der Waals surface area (Å²) >= 11 is 0. The van der Waals surface area contributed by atoms with Crippen LogP contribution in [0, 0.1) is 11.8 Å². The van der Waals surface area contributed by atoms with Crippen molar-refractivity contribution in [3.8, 4) is 0 Å². The van der Waals surface area contributed by atoms with E-state index in [4.69, 9.17) is 5.11 Å². The molecule has 0 aromatic carbocycles. The molecule has 0 radical (unpaired) electrons. The van der Waals surface area contributed by atoms with Crippen LogP contribution >= 0.6 is 0 Å². The van der Waals surface area contributed by atoms with E-state index in [0.29, 0.717) is 18.4 Å². The smallest absolute Gasteiger partial charge is 0.314 e. The lowest BCUT2D eigenvalue weighted by atomic mass is 9.77. The highest BCUT2D eigenvalue weighted by Gasteiger charge is 2.38. The molecule has 0 saturated heterocycles. The Morgan fingerprint density at radius 1 is 1.18 bits per heavy atom. The number of carbonyl (C=O) groups is 4. The van der Waals surface area contributed by atoms with Crippen molar-refractivity contribution in [1.29, 1.82) is 0 Å². The molecule has 5 N–H and O–H groups in total. The fourth-order valence-electron chi connectivity index (χ4n) is 3.48. The number of Topliss-reactive ketones (excluding diaryl/α,β-unsaturated/α-hetero) is 1. The molecule has 28 heavy (non-hydrogen) atoms. The highest BCUT2D eigenvalue weighted by Crippen LogP contribution is 2.29. The summed E-state index contributed by atoms with van der Waals surface area (Å²) < 4.78 is 0. The van der Waals surface area contributed by atoms with Crippen LogP contribution in [0.1, 0.15) is 38.5 Å². The second-order valence-electron chi connectivity index (χ2n) is 7.07. The zero-order valence-electron chi connectivity index (χ0n) is 15.5. The summed E-state index contributed by atoms with van der Waals surface area (Å²) in [7, 11) is 0. The van der Waals surface area contributed by atoms with E-state index < -0.39 is 47.7 Å². The molecular weight excluding hydrogens is 368 g/mol. The number of allylic oxidation sites excluding steroid dienone is 2. The molecule has 0 bridgehead atoms. The average molecular weight is 394 g/mol. The van der Waals surface area contributed by atoms with Crippen molar-refractivity contribution in [2.75, 3.05) is 6.54 Å². The predicted octanol–water partition coefficient (Wildman–Crippen LogP) is -0.365. The number of aliphatic hydroxyl groups excluding tert-OH is 1. The summed E-state index contributed by atoms with van der Waals surface area (Å²) in [5.74, 6) is -4.45. The standard InChI is InChI=1S/C19H26N2O7/c22-15(10-20-17(24)11-5-2-1-3-6-11)21-14(19(27)28)9-12-7-4-8-13(16(12)23)18(25)26/h2,5-6,12-14,19,27-28H,1,3-4,7-10H2,(H,20,24)(H,21,22)(H,25,26). The molecule has 0 spiro atoms. The van der Waals surface area contributed by atoms with Crippen LogP contribution in [0.25, 0.3) is 0 Å². The van der Waals surface area contributed by atoms with Gasteiger partial charge >= 0.3 is 5.97 Å². The number of carbonyl (C=O) groups excluding carboxylic acids is 3. The molecule has 1 fully saturated rings. The number of aliphatic hydroxyl groups is 2. The van der Waals surface area contributed by atoms with Crippen molar-refractivity contribution in [2.24, 2.45) is 11.8 Å². The largest absolute Gasteiger partial charge is 0.481 e. The van der Waals surface area contributed by atoms with Gasteiger partial charge in [0.1, 0.15) is 11.7 Å². The van der Waals surface area contributed by atoms with Gasteiger partial charge in [-0.25, -0.2) is 0 Å². The lowest BCUT2D eigenvalue weighted by Crippen LogP contribution is -2.49. The highest BCUT2D eigenvalue weighted by molar-refractivity contribution is 6.00. The van der Waals surface area contributed by atoms with Gasteiger partial charge in [0.05, 0.1) is 12.6 Å². The van der Waals surface area contributed by atoms with Crippen LogP contribution < -0.4 is 10.6 Å². The third kappa shape index (κ3) is 6.00. The number of carboxylic acids is 1. The van der Waals surface area contributed by atoms with Crippen LogP contribution in [0.5, 0.6) is 0 Å². The molecule has 2 amide bonds. The topological polar surface area (TPSA) is 153 Å². The van der Waals surface area contributed by atoms with E-state index in [1.165, 1.54) is 0 Å². The first kappa shape index (κ1) is 21.8. The molecule has 0 aromatic heterocycles. The molecule has 2 rings (SSSR count). The first-order valence-corrected chi connectivity index (χ1v) is 9.36. The molecule has 0 aromatic rings. The second-order valence-corrected chi connectivity index (χ2v) is 7.07. The Bertz CT molecular complexity index is 684. The molecule has 0 aliphatic heterocycles. The van der Waals surface area contributed by atoms with Gasteiger partial charge in [-0.3, -0.25) is 19.2 Å². The Morgan fingerprint density at radius 3 is 2.54 bits per heavy atom. The van der Waals surface area contributed by atoms with Crippen LogP contribution in [0.3, 0.4) is 0 Å². The summed E-state index contributed by atoms with van der Waals surface area (Å²) in [5.41, 5.74) is 0.463. The fourth-order valence-corrected chi connectivity index (χ4v) is 3.48. The van der Waals surface area contributed by atoms with Gasteiger partial charge in [-0.15, -0.1) is 0 Å². The maximum absolute atomic E-state index is 12.3. The Hall–Kier alpha value is -2.52. The molecule has 9 nitrogen and oxygen atoms in total. The van der Waals surface area contributed by atoms with Gasteiger partial charge in [0.2, 0.25) is 5.91 Å². The van der Waals surface area contributed by atoms with Crippen LogP contribution in [-0.4, -0.2) is 57.8 Å². The van der Waals surface area contributed by atoms with Gasteiger partial charge in [0.25, 0.3) is 5.91 Å². The van der Waals surface area contributed by atoms with E-state index >= 15 is 0 Å². The van der Waals surface area contributed by atoms with E-state index in [0.717, 1.165) is 12.8 Å². The van der Waals surface area contributed by atoms with Gasteiger partial charge in [-0.05, 0) is 32.1 Å². The maximum Gasteiger partial charge on any atom is 0.314 e. The molecule has 2 aliphatic carbocycles. The van der Waals surface area contributed by atoms with Crippen molar-refractivity contribution in [3.63, 3.8) is 0 Å². The lowest BCUT2D eigenvalue weighted by molar-refractivity contribution is -0.150. The molecule has 0 heterocycles. The Morgan fingerprint density at radius 2 is 1.93 bits per heavy atom. The summed E-state index contributed by atoms with van der Waals surface area (Å²) in [6.07, 6.45) is 6.14. The van der Waals surface area contributed by atoms with Crippen molar-refractivity contribution in [2.45, 2.75) is 50.9 Å². The quantitative estimate of drug-likeness (QED) is 0.278. The van der Waals surface area contributed by atoms with E-state index in [1.54, 1.807) is 12.2 Å². The van der Waals surface area contributed by atoms with Gasteiger partial charge in [0, 0.05) is 11.5 Å². The monoisotopic (exact) mass is 394 g/mol. The van der Waals surface area contributed by atoms with Crippen molar-refractivity contribution in [3.05, 3.63) is 23.8 Å². The average Bonchev–Trinajstić information content (AvgIpc) is 2.67. The minimum absolute atomic E-state index is 0.0755. The summed E-state index contributed by atoms with van der Waals surface area (Å²) in [5, 5.41) is 33.0. The fraction of sp³-hybridized carbons (Fsp3) is 0.579. The molecular formula is C19H26N2O7. The SMILES string of the molecule is O=C(CNC(=O)C1=CCCC=C1)NC(CC1CCCC(C(=O)O)C1=O)C(O)O. The summed E-state index contributed by atoms with van der Waals surface area (Å²) in [6, 6.07) is -1.14. The molecule has 2 aliphatic rings. The zero-order valence-corrected chi connectivity index (χ0v) is 15.5. The van der Waals surface area contributed by atoms with Crippen molar-refractivity contribution >= 4 is 23.6 Å². The van der Waals surface area contributed by atoms with Gasteiger partial charge in [0.15, 0.2) is 6.29 Å². The van der Waals surface area contributed by atoms with Crippen LogP contribution in [0.2, 0.25) is 0 Å². The number of nitrogens with one attached hydrogen (secondary N) is 2. The summed E-state index contributed by atoms with van der Waals surface area (Å²) in [6.45, 7) is -0.358.